The van der Waals surface area contributed by atoms with Crippen LogP contribution in [0, 0.1) is 5.92 Å². The standard InChI is InChI=1S/C27H42N4O3.ClH/c1-20(2)5-4-18-34-26-7-3-6-24-23(26)19-25(29-24)27(33)28-21-8-12-30(13-9-21)16-17-31-14-10-22(32)11-15-31;/h3,6-7,19-22,29,32H,4-5,8-18H2,1-2H3,(H,28,33);1H. The number of aromatic nitrogens is 1. The van der Waals surface area contributed by atoms with Gasteiger partial charge in [0.05, 0.1) is 12.7 Å². The van der Waals surface area contributed by atoms with Crippen LogP contribution in [-0.4, -0.2) is 83.8 Å². The number of carbonyl (C=O) groups excluding carboxylic acids is 1. The minimum Gasteiger partial charge on any atom is -0.493 e. The molecule has 3 N–H and O–H groups in total. The zero-order valence-electron chi connectivity index (χ0n) is 21.3. The van der Waals surface area contributed by atoms with Gasteiger partial charge in [-0.3, -0.25) is 4.79 Å². The van der Waals surface area contributed by atoms with Crippen LogP contribution in [0.15, 0.2) is 24.3 Å². The number of nitrogens with zero attached hydrogens (tertiary/aromatic N) is 2. The van der Waals surface area contributed by atoms with Crippen molar-refractivity contribution in [3.8, 4) is 5.75 Å². The fraction of sp³-hybridized carbons (Fsp3) is 0.667. The van der Waals surface area contributed by atoms with Crippen LogP contribution in [0.5, 0.6) is 5.75 Å². The molecule has 0 bridgehead atoms. The SMILES string of the molecule is CC(C)CCCOc1cccc2[nH]c(C(=O)NC3CCN(CCN4CCC(O)CC4)CC3)cc12.Cl. The van der Waals surface area contributed by atoms with Crippen molar-refractivity contribution in [3.05, 3.63) is 30.0 Å². The van der Waals surface area contributed by atoms with Gasteiger partial charge in [0.1, 0.15) is 11.4 Å². The zero-order chi connectivity index (χ0) is 23.9. The van der Waals surface area contributed by atoms with Crippen molar-refractivity contribution in [2.45, 2.75) is 64.5 Å². The van der Waals surface area contributed by atoms with Crippen molar-refractivity contribution in [3.63, 3.8) is 0 Å². The highest BCUT2D eigenvalue weighted by Crippen LogP contribution is 2.27. The summed E-state index contributed by atoms with van der Waals surface area (Å²) in [5, 5.41) is 13.9. The maximum absolute atomic E-state index is 12.9. The fourth-order valence-corrected chi connectivity index (χ4v) is 5.04. The van der Waals surface area contributed by atoms with Crippen LogP contribution in [0.25, 0.3) is 10.9 Å². The molecule has 2 aromatic rings. The summed E-state index contributed by atoms with van der Waals surface area (Å²) < 4.78 is 6.02. The van der Waals surface area contributed by atoms with Gasteiger partial charge in [-0.2, -0.15) is 0 Å². The number of fused-ring (bicyclic) bond motifs is 1. The van der Waals surface area contributed by atoms with Crippen LogP contribution < -0.4 is 10.1 Å². The van der Waals surface area contributed by atoms with Crippen molar-refractivity contribution < 1.29 is 14.6 Å². The molecule has 196 valence electrons. The molecule has 0 atom stereocenters. The van der Waals surface area contributed by atoms with E-state index in [1.807, 2.05) is 24.3 Å². The minimum atomic E-state index is -0.110. The summed E-state index contributed by atoms with van der Waals surface area (Å²) in [6.07, 6.45) is 5.83. The van der Waals surface area contributed by atoms with E-state index >= 15 is 0 Å². The van der Waals surface area contributed by atoms with E-state index in [1.165, 1.54) is 0 Å². The number of hydrogen-bond acceptors (Lipinski definition) is 5. The highest BCUT2D eigenvalue weighted by Gasteiger charge is 2.23. The number of aliphatic hydroxyl groups excluding tert-OH is 1. The van der Waals surface area contributed by atoms with Crippen LogP contribution in [0.1, 0.15) is 62.9 Å². The number of piperidine rings is 2. The van der Waals surface area contributed by atoms with E-state index in [0.717, 1.165) is 94.4 Å². The molecule has 2 saturated heterocycles. The number of likely N-dealkylation sites (tertiary alicyclic amines) is 2. The van der Waals surface area contributed by atoms with Crippen LogP contribution in [0.3, 0.4) is 0 Å². The van der Waals surface area contributed by atoms with Gasteiger partial charge in [0.2, 0.25) is 0 Å². The third-order valence-corrected chi connectivity index (χ3v) is 7.26. The Morgan fingerprint density at radius 1 is 1.11 bits per heavy atom. The van der Waals surface area contributed by atoms with E-state index in [-0.39, 0.29) is 30.5 Å². The van der Waals surface area contributed by atoms with Gasteiger partial charge in [-0.15, -0.1) is 12.4 Å². The summed E-state index contributed by atoms with van der Waals surface area (Å²) in [4.78, 5) is 21.2. The molecule has 2 aliphatic heterocycles. The Morgan fingerprint density at radius 3 is 2.43 bits per heavy atom. The molecule has 2 fully saturated rings. The Bertz CT molecular complexity index is 918. The maximum Gasteiger partial charge on any atom is 0.267 e. The van der Waals surface area contributed by atoms with E-state index in [1.54, 1.807) is 0 Å². The molecule has 0 aliphatic carbocycles. The number of hydrogen-bond donors (Lipinski definition) is 3. The molecular weight excluding hydrogens is 464 g/mol. The van der Waals surface area contributed by atoms with Gasteiger partial charge in [-0.05, 0) is 62.6 Å². The first-order valence-electron chi connectivity index (χ1n) is 13.2. The number of carbonyl (C=O) groups is 1. The van der Waals surface area contributed by atoms with Gasteiger partial charge in [0.15, 0.2) is 0 Å². The van der Waals surface area contributed by atoms with Gasteiger partial charge >= 0.3 is 0 Å². The molecule has 7 nitrogen and oxygen atoms in total. The lowest BCUT2D eigenvalue weighted by Crippen LogP contribution is -2.47. The average molecular weight is 507 g/mol. The quantitative estimate of drug-likeness (QED) is 0.423. The summed E-state index contributed by atoms with van der Waals surface area (Å²) in [7, 11) is 0. The zero-order valence-corrected chi connectivity index (χ0v) is 22.1. The molecule has 1 aromatic heterocycles. The number of benzene rings is 1. The Kier molecular flexibility index (Phi) is 10.7. The monoisotopic (exact) mass is 506 g/mol. The van der Waals surface area contributed by atoms with Crippen LogP contribution in [-0.2, 0) is 0 Å². The van der Waals surface area contributed by atoms with E-state index < -0.39 is 0 Å². The second-order valence-electron chi connectivity index (χ2n) is 10.4. The summed E-state index contributed by atoms with van der Waals surface area (Å²) in [6, 6.07) is 8.09. The highest BCUT2D eigenvalue weighted by molar-refractivity contribution is 5.99. The Morgan fingerprint density at radius 2 is 1.77 bits per heavy atom. The third kappa shape index (κ3) is 8.10. The van der Waals surface area contributed by atoms with Crippen molar-refractivity contribution >= 4 is 29.2 Å². The van der Waals surface area contributed by atoms with Gasteiger partial charge in [-0.25, -0.2) is 0 Å². The molecule has 8 heteroatoms. The number of nitrogens with one attached hydrogen (secondary N) is 2. The second kappa shape index (κ2) is 13.5. The maximum atomic E-state index is 12.9. The van der Waals surface area contributed by atoms with Crippen molar-refractivity contribution in [1.29, 1.82) is 0 Å². The van der Waals surface area contributed by atoms with E-state index in [0.29, 0.717) is 18.2 Å². The fourth-order valence-electron chi connectivity index (χ4n) is 5.04. The predicted octanol–water partition coefficient (Wildman–Crippen LogP) is 4.06. The Balaban J connectivity index is 0.00000342. The van der Waals surface area contributed by atoms with Gasteiger partial charge in [-0.1, -0.05) is 19.9 Å². The minimum absolute atomic E-state index is 0. The topological polar surface area (TPSA) is 80.8 Å². The molecule has 2 aliphatic rings. The number of amides is 1. The molecular formula is C27H43ClN4O3. The van der Waals surface area contributed by atoms with Gasteiger partial charge in [0, 0.05) is 56.2 Å². The largest absolute Gasteiger partial charge is 0.493 e. The molecule has 0 saturated carbocycles. The summed E-state index contributed by atoms with van der Waals surface area (Å²) in [6.45, 7) is 11.3. The van der Waals surface area contributed by atoms with E-state index in [2.05, 4.69) is 33.9 Å². The lowest BCUT2D eigenvalue weighted by molar-refractivity contribution is 0.0729. The third-order valence-electron chi connectivity index (χ3n) is 7.26. The first kappa shape index (κ1) is 27.8. The summed E-state index contributed by atoms with van der Waals surface area (Å²) >= 11 is 0. The summed E-state index contributed by atoms with van der Waals surface area (Å²) in [5.74, 6) is 1.49. The first-order valence-corrected chi connectivity index (χ1v) is 13.2. The highest BCUT2D eigenvalue weighted by atomic mass is 35.5. The van der Waals surface area contributed by atoms with Crippen LogP contribution >= 0.6 is 12.4 Å². The van der Waals surface area contributed by atoms with E-state index in [4.69, 9.17) is 4.74 Å². The van der Waals surface area contributed by atoms with Crippen molar-refractivity contribution in [1.82, 2.24) is 20.1 Å². The predicted molar refractivity (Wildman–Crippen MR) is 144 cm³/mol. The van der Waals surface area contributed by atoms with E-state index in [9.17, 15) is 9.90 Å². The lowest BCUT2D eigenvalue weighted by atomic mass is 10.0. The molecule has 0 unspecified atom stereocenters. The summed E-state index contributed by atoms with van der Waals surface area (Å²) in [5.41, 5.74) is 1.54. The number of aromatic amines is 1. The van der Waals surface area contributed by atoms with Gasteiger partial charge in [0.25, 0.3) is 5.91 Å². The first-order chi connectivity index (χ1) is 16.5. The van der Waals surface area contributed by atoms with Crippen LogP contribution in [0.4, 0.5) is 0 Å². The molecule has 1 amide bonds. The number of H-pyrrole nitrogens is 1. The van der Waals surface area contributed by atoms with Crippen molar-refractivity contribution in [2.75, 3.05) is 45.9 Å². The number of halogens is 1. The molecule has 35 heavy (non-hydrogen) atoms. The second-order valence-corrected chi connectivity index (χ2v) is 10.4. The Hall–Kier alpha value is -1.80. The molecule has 0 spiro atoms. The molecule has 4 rings (SSSR count). The average Bonchev–Trinajstić information content (AvgIpc) is 3.28. The lowest BCUT2D eigenvalue weighted by Gasteiger charge is -2.35. The normalized spacial score (nSPS) is 18.6. The van der Waals surface area contributed by atoms with Crippen LogP contribution in [0.2, 0.25) is 0 Å². The number of rotatable bonds is 10. The molecule has 3 heterocycles. The smallest absolute Gasteiger partial charge is 0.267 e. The van der Waals surface area contributed by atoms with Gasteiger partial charge < -0.3 is 29.9 Å². The molecule has 1 aromatic carbocycles. The number of aliphatic hydroxyl groups is 1. The number of ether oxygens (including phenoxy) is 1. The Labute approximate surface area is 216 Å². The van der Waals surface area contributed by atoms with Crippen molar-refractivity contribution in [2.24, 2.45) is 5.92 Å². The molecule has 0 radical (unpaired) electrons.